The fraction of sp³-hybridized carbons (Fsp3) is 0.250. The SMILES string of the molecule is CNC(C)c1ccc(OCc2ccc(Cl)cc2Cl)c(F)c1. The van der Waals surface area contributed by atoms with Gasteiger partial charge in [0.2, 0.25) is 0 Å². The molecule has 0 fully saturated rings. The molecule has 5 heteroatoms. The highest BCUT2D eigenvalue weighted by atomic mass is 35.5. The maximum Gasteiger partial charge on any atom is 0.165 e. The first-order chi connectivity index (χ1) is 10.0. The van der Waals surface area contributed by atoms with Crippen LogP contribution in [0.5, 0.6) is 5.75 Å². The lowest BCUT2D eigenvalue weighted by Crippen LogP contribution is -2.12. The van der Waals surface area contributed by atoms with E-state index in [9.17, 15) is 4.39 Å². The number of ether oxygens (including phenoxy) is 1. The minimum atomic E-state index is -0.389. The maximum atomic E-state index is 14.0. The molecule has 2 rings (SSSR count). The highest BCUT2D eigenvalue weighted by Crippen LogP contribution is 2.25. The van der Waals surface area contributed by atoms with Crippen molar-refractivity contribution in [2.75, 3.05) is 7.05 Å². The lowest BCUT2D eigenvalue weighted by atomic mass is 10.1. The summed E-state index contributed by atoms with van der Waals surface area (Å²) in [7, 11) is 1.83. The van der Waals surface area contributed by atoms with Gasteiger partial charge in [0.05, 0.1) is 0 Å². The Morgan fingerprint density at radius 2 is 1.95 bits per heavy atom. The molecule has 0 radical (unpaired) electrons. The van der Waals surface area contributed by atoms with Gasteiger partial charge >= 0.3 is 0 Å². The minimum Gasteiger partial charge on any atom is -0.486 e. The first-order valence-electron chi connectivity index (χ1n) is 6.54. The van der Waals surface area contributed by atoms with Crippen LogP contribution in [0.2, 0.25) is 10.0 Å². The minimum absolute atomic E-state index is 0.0826. The van der Waals surface area contributed by atoms with Gasteiger partial charge in [-0.3, -0.25) is 0 Å². The summed E-state index contributed by atoms with van der Waals surface area (Å²) in [5.41, 5.74) is 1.63. The summed E-state index contributed by atoms with van der Waals surface area (Å²) < 4.78 is 19.5. The van der Waals surface area contributed by atoms with Crippen molar-refractivity contribution in [1.82, 2.24) is 5.32 Å². The van der Waals surface area contributed by atoms with E-state index in [1.54, 1.807) is 24.3 Å². The molecule has 0 aliphatic rings. The molecule has 0 aliphatic heterocycles. The molecule has 21 heavy (non-hydrogen) atoms. The lowest BCUT2D eigenvalue weighted by Gasteiger charge is -2.13. The Morgan fingerprint density at radius 1 is 1.19 bits per heavy atom. The van der Waals surface area contributed by atoms with Crippen LogP contribution < -0.4 is 10.1 Å². The van der Waals surface area contributed by atoms with Crippen molar-refractivity contribution < 1.29 is 9.13 Å². The summed E-state index contributed by atoms with van der Waals surface area (Å²) in [6.45, 7) is 2.15. The van der Waals surface area contributed by atoms with Gasteiger partial charge in [-0.1, -0.05) is 35.3 Å². The second-order valence-electron chi connectivity index (χ2n) is 4.72. The number of benzene rings is 2. The van der Waals surface area contributed by atoms with Crippen molar-refractivity contribution in [3.05, 3.63) is 63.4 Å². The molecule has 2 aromatic rings. The van der Waals surface area contributed by atoms with Crippen LogP contribution in [0, 0.1) is 5.82 Å². The van der Waals surface area contributed by atoms with Gasteiger partial charge in [-0.25, -0.2) is 4.39 Å². The van der Waals surface area contributed by atoms with Crippen LogP contribution in [0.25, 0.3) is 0 Å². The van der Waals surface area contributed by atoms with Gasteiger partial charge in [0.1, 0.15) is 6.61 Å². The number of hydrogen-bond acceptors (Lipinski definition) is 2. The third-order valence-corrected chi connectivity index (χ3v) is 3.87. The van der Waals surface area contributed by atoms with Crippen molar-refractivity contribution in [3.63, 3.8) is 0 Å². The first-order valence-corrected chi connectivity index (χ1v) is 7.30. The number of rotatable bonds is 5. The Balaban J connectivity index is 2.10. The maximum absolute atomic E-state index is 14.0. The first kappa shape index (κ1) is 16.1. The number of hydrogen-bond donors (Lipinski definition) is 1. The summed E-state index contributed by atoms with van der Waals surface area (Å²) in [6.07, 6.45) is 0. The van der Waals surface area contributed by atoms with E-state index < -0.39 is 0 Å². The highest BCUT2D eigenvalue weighted by molar-refractivity contribution is 6.35. The molecular weight excluding hydrogens is 312 g/mol. The Bertz CT molecular complexity index is 634. The molecule has 112 valence electrons. The van der Waals surface area contributed by atoms with Crippen LogP contribution in [0.15, 0.2) is 36.4 Å². The van der Waals surface area contributed by atoms with E-state index in [0.717, 1.165) is 11.1 Å². The molecule has 0 amide bonds. The highest BCUT2D eigenvalue weighted by Gasteiger charge is 2.10. The molecule has 0 saturated carbocycles. The van der Waals surface area contributed by atoms with E-state index >= 15 is 0 Å². The summed E-state index contributed by atoms with van der Waals surface area (Å²) in [6, 6.07) is 10.1. The number of nitrogens with one attached hydrogen (secondary N) is 1. The molecule has 0 saturated heterocycles. The topological polar surface area (TPSA) is 21.3 Å². The second kappa shape index (κ2) is 7.12. The zero-order chi connectivity index (χ0) is 15.4. The third kappa shape index (κ3) is 4.10. The fourth-order valence-electron chi connectivity index (χ4n) is 1.86. The van der Waals surface area contributed by atoms with Gasteiger partial charge < -0.3 is 10.1 Å². The average molecular weight is 328 g/mol. The van der Waals surface area contributed by atoms with E-state index in [4.69, 9.17) is 27.9 Å². The zero-order valence-electron chi connectivity index (χ0n) is 11.8. The zero-order valence-corrected chi connectivity index (χ0v) is 13.3. The summed E-state index contributed by atoms with van der Waals surface area (Å²) in [5.74, 6) is -0.187. The van der Waals surface area contributed by atoms with Crippen molar-refractivity contribution in [2.24, 2.45) is 0 Å². The third-order valence-electron chi connectivity index (χ3n) is 3.29. The van der Waals surface area contributed by atoms with Crippen LogP contribution in [-0.4, -0.2) is 7.05 Å². The van der Waals surface area contributed by atoms with Gasteiger partial charge in [0.25, 0.3) is 0 Å². The van der Waals surface area contributed by atoms with Gasteiger partial charge in [0.15, 0.2) is 11.6 Å². The summed E-state index contributed by atoms with van der Waals surface area (Å²) in [4.78, 5) is 0. The molecule has 2 nitrogen and oxygen atoms in total. The molecule has 0 bridgehead atoms. The molecule has 0 heterocycles. The van der Waals surface area contributed by atoms with Crippen molar-refractivity contribution >= 4 is 23.2 Å². The van der Waals surface area contributed by atoms with Gasteiger partial charge in [0, 0.05) is 21.7 Å². The normalized spacial score (nSPS) is 12.2. The molecule has 1 unspecified atom stereocenters. The number of halogens is 3. The Labute approximate surface area is 133 Å². The lowest BCUT2D eigenvalue weighted by molar-refractivity contribution is 0.290. The quantitative estimate of drug-likeness (QED) is 0.835. The molecule has 2 aromatic carbocycles. The van der Waals surface area contributed by atoms with Gasteiger partial charge in [-0.15, -0.1) is 0 Å². The fourth-order valence-corrected chi connectivity index (χ4v) is 2.33. The van der Waals surface area contributed by atoms with E-state index in [0.29, 0.717) is 10.0 Å². The van der Waals surface area contributed by atoms with E-state index in [1.807, 2.05) is 20.0 Å². The molecule has 0 aliphatic carbocycles. The molecule has 1 atom stereocenters. The molecule has 0 spiro atoms. The largest absolute Gasteiger partial charge is 0.486 e. The van der Waals surface area contributed by atoms with Crippen molar-refractivity contribution in [2.45, 2.75) is 19.6 Å². The Morgan fingerprint density at radius 3 is 2.57 bits per heavy atom. The van der Waals surface area contributed by atoms with Crippen LogP contribution >= 0.6 is 23.2 Å². The monoisotopic (exact) mass is 327 g/mol. The standard InChI is InChI=1S/C16H16Cl2FNO/c1-10(20-2)11-4-6-16(15(19)7-11)21-9-12-3-5-13(17)8-14(12)18/h3-8,10,20H,9H2,1-2H3. The molecular formula is C16H16Cl2FNO. The smallest absolute Gasteiger partial charge is 0.165 e. The van der Waals surface area contributed by atoms with Gasteiger partial charge in [-0.05, 0) is 43.8 Å². The van der Waals surface area contributed by atoms with E-state index in [1.165, 1.54) is 6.07 Å². The Kier molecular flexibility index (Phi) is 5.45. The predicted molar refractivity (Wildman–Crippen MR) is 84.7 cm³/mol. The summed E-state index contributed by atoms with van der Waals surface area (Å²) >= 11 is 11.9. The van der Waals surface area contributed by atoms with Crippen molar-refractivity contribution in [3.8, 4) is 5.75 Å². The van der Waals surface area contributed by atoms with E-state index in [2.05, 4.69) is 5.32 Å². The molecule has 1 N–H and O–H groups in total. The van der Waals surface area contributed by atoms with E-state index in [-0.39, 0.29) is 24.2 Å². The van der Waals surface area contributed by atoms with Crippen molar-refractivity contribution in [1.29, 1.82) is 0 Å². The average Bonchev–Trinajstić information content (AvgIpc) is 2.46. The predicted octanol–water partition coefficient (Wildman–Crippen LogP) is 4.99. The Hall–Kier alpha value is -1.29. The summed E-state index contributed by atoms with van der Waals surface area (Å²) in [5, 5.41) is 4.12. The molecule has 0 aromatic heterocycles. The van der Waals surface area contributed by atoms with Crippen LogP contribution in [0.4, 0.5) is 4.39 Å². The van der Waals surface area contributed by atoms with Crippen LogP contribution in [-0.2, 0) is 6.61 Å². The van der Waals surface area contributed by atoms with Crippen LogP contribution in [0.3, 0.4) is 0 Å². The second-order valence-corrected chi connectivity index (χ2v) is 5.57. The van der Waals surface area contributed by atoms with Crippen LogP contribution in [0.1, 0.15) is 24.1 Å². The van der Waals surface area contributed by atoms with Gasteiger partial charge in [-0.2, -0.15) is 0 Å².